The largest absolute Gasteiger partial charge is 0.350 e. The topological polar surface area (TPSA) is 73.8 Å². The van der Waals surface area contributed by atoms with E-state index >= 15 is 0 Å². The predicted molar refractivity (Wildman–Crippen MR) is 70.6 cm³/mol. The second-order valence-electron chi connectivity index (χ2n) is 4.18. The highest BCUT2D eigenvalue weighted by atomic mass is 16.6. The molecule has 0 saturated heterocycles. The number of benzene rings is 1. The fourth-order valence-electron chi connectivity index (χ4n) is 2.19. The maximum absolute atomic E-state index is 11.1. The molecule has 6 heteroatoms. The standard InChI is InChI=1S/C13H10N4O2/c1-16-7-10(9-4-2-3-5-11(9)16)13-12(17(18)19)6-14-8-15-13/h2-8H,1H3. The van der Waals surface area contributed by atoms with Crippen LogP contribution in [-0.4, -0.2) is 19.5 Å². The van der Waals surface area contributed by atoms with Gasteiger partial charge < -0.3 is 4.57 Å². The molecule has 3 rings (SSSR count). The third-order valence-corrected chi connectivity index (χ3v) is 3.04. The first-order chi connectivity index (χ1) is 9.18. The molecule has 0 unspecified atom stereocenters. The van der Waals surface area contributed by atoms with Gasteiger partial charge in [-0.25, -0.2) is 9.97 Å². The zero-order valence-corrected chi connectivity index (χ0v) is 10.1. The summed E-state index contributed by atoms with van der Waals surface area (Å²) in [5.74, 6) is 0. The molecule has 2 heterocycles. The van der Waals surface area contributed by atoms with Crippen molar-refractivity contribution < 1.29 is 4.92 Å². The van der Waals surface area contributed by atoms with Gasteiger partial charge >= 0.3 is 5.69 Å². The lowest BCUT2D eigenvalue weighted by molar-refractivity contribution is -0.384. The first-order valence-electron chi connectivity index (χ1n) is 5.67. The smallest absolute Gasteiger partial charge is 0.313 e. The van der Waals surface area contributed by atoms with E-state index in [0.29, 0.717) is 5.69 Å². The number of para-hydroxylation sites is 1. The zero-order valence-electron chi connectivity index (χ0n) is 10.1. The minimum absolute atomic E-state index is 0.0844. The fourth-order valence-corrected chi connectivity index (χ4v) is 2.19. The van der Waals surface area contributed by atoms with Crippen LogP contribution < -0.4 is 0 Å². The minimum Gasteiger partial charge on any atom is -0.350 e. The van der Waals surface area contributed by atoms with Crippen molar-refractivity contribution in [1.82, 2.24) is 14.5 Å². The first-order valence-corrected chi connectivity index (χ1v) is 5.67. The Morgan fingerprint density at radius 1 is 1.32 bits per heavy atom. The summed E-state index contributed by atoms with van der Waals surface area (Å²) >= 11 is 0. The monoisotopic (exact) mass is 254 g/mol. The van der Waals surface area contributed by atoms with E-state index < -0.39 is 4.92 Å². The van der Waals surface area contributed by atoms with Gasteiger partial charge in [0.1, 0.15) is 12.5 Å². The lowest BCUT2D eigenvalue weighted by Gasteiger charge is -1.99. The van der Waals surface area contributed by atoms with Crippen LogP contribution in [0.1, 0.15) is 0 Å². The van der Waals surface area contributed by atoms with Crippen molar-refractivity contribution in [3.8, 4) is 11.3 Å². The molecule has 0 N–H and O–H groups in total. The third-order valence-electron chi connectivity index (χ3n) is 3.04. The van der Waals surface area contributed by atoms with Gasteiger partial charge in [-0.2, -0.15) is 0 Å². The summed E-state index contributed by atoms with van der Waals surface area (Å²) < 4.78 is 1.93. The predicted octanol–water partition coefficient (Wildman–Crippen LogP) is 2.54. The van der Waals surface area contributed by atoms with Gasteiger partial charge in [0.15, 0.2) is 5.69 Å². The summed E-state index contributed by atoms with van der Waals surface area (Å²) in [6, 6.07) is 7.72. The Labute approximate surface area is 108 Å². The van der Waals surface area contributed by atoms with E-state index in [2.05, 4.69) is 9.97 Å². The van der Waals surface area contributed by atoms with Crippen LogP contribution in [0.25, 0.3) is 22.2 Å². The van der Waals surface area contributed by atoms with Crippen LogP contribution >= 0.6 is 0 Å². The van der Waals surface area contributed by atoms with E-state index in [1.54, 1.807) is 0 Å². The summed E-state index contributed by atoms with van der Waals surface area (Å²) in [4.78, 5) is 18.4. The first kappa shape index (κ1) is 11.3. The molecule has 6 nitrogen and oxygen atoms in total. The molecule has 0 amide bonds. The molecule has 94 valence electrons. The van der Waals surface area contributed by atoms with E-state index in [1.165, 1.54) is 12.5 Å². The number of hydrogen-bond acceptors (Lipinski definition) is 4. The molecule has 0 fully saturated rings. The fraction of sp³-hybridized carbons (Fsp3) is 0.0769. The maximum atomic E-state index is 11.1. The Bertz CT molecular complexity index is 779. The Morgan fingerprint density at radius 2 is 2.11 bits per heavy atom. The molecule has 0 aliphatic rings. The second-order valence-corrected chi connectivity index (χ2v) is 4.18. The van der Waals surface area contributed by atoms with Crippen LogP contribution in [0, 0.1) is 10.1 Å². The van der Waals surface area contributed by atoms with Crippen LogP contribution in [0.5, 0.6) is 0 Å². The van der Waals surface area contributed by atoms with E-state index in [4.69, 9.17) is 0 Å². The van der Waals surface area contributed by atoms with Crippen LogP contribution in [0.4, 0.5) is 5.69 Å². The number of aryl methyl sites for hydroxylation is 1. The molecule has 2 aromatic heterocycles. The van der Waals surface area contributed by atoms with Gasteiger partial charge in [0.05, 0.1) is 4.92 Å². The zero-order chi connectivity index (χ0) is 13.4. The van der Waals surface area contributed by atoms with Gasteiger partial charge in [0.25, 0.3) is 0 Å². The molecule has 0 saturated carbocycles. The van der Waals surface area contributed by atoms with Gasteiger partial charge in [-0.15, -0.1) is 0 Å². The molecule has 0 aliphatic carbocycles. The van der Waals surface area contributed by atoms with Gasteiger partial charge in [-0.3, -0.25) is 10.1 Å². The van der Waals surface area contributed by atoms with Gasteiger partial charge in [-0.1, -0.05) is 18.2 Å². The molecular weight excluding hydrogens is 244 g/mol. The van der Waals surface area contributed by atoms with Crippen molar-refractivity contribution >= 4 is 16.6 Å². The third kappa shape index (κ3) is 1.74. The van der Waals surface area contributed by atoms with E-state index in [-0.39, 0.29) is 5.69 Å². The van der Waals surface area contributed by atoms with E-state index in [9.17, 15) is 10.1 Å². The SMILES string of the molecule is Cn1cc(-c2ncncc2[N+](=O)[O-])c2ccccc21. The van der Waals surface area contributed by atoms with Crippen molar-refractivity contribution in [3.63, 3.8) is 0 Å². The number of nitrogens with zero attached hydrogens (tertiary/aromatic N) is 4. The average molecular weight is 254 g/mol. The van der Waals surface area contributed by atoms with Crippen LogP contribution in [0.2, 0.25) is 0 Å². The summed E-state index contributed by atoms with van der Waals surface area (Å²) in [6.07, 6.45) is 4.40. The van der Waals surface area contributed by atoms with Crippen molar-refractivity contribution in [2.75, 3.05) is 0 Å². The molecule has 1 aromatic carbocycles. The van der Waals surface area contributed by atoms with Crippen LogP contribution in [-0.2, 0) is 7.05 Å². The molecule has 3 aromatic rings. The highest BCUT2D eigenvalue weighted by molar-refractivity contribution is 5.96. The lowest BCUT2D eigenvalue weighted by atomic mass is 10.1. The number of hydrogen-bond donors (Lipinski definition) is 0. The van der Waals surface area contributed by atoms with Crippen LogP contribution in [0.3, 0.4) is 0 Å². The average Bonchev–Trinajstić information content (AvgIpc) is 2.77. The van der Waals surface area contributed by atoms with Crippen molar-refractivity contribution in [2.24, 2.45) is 7.05 Å². The summed E-state index contributed by atoms with van der Waals surface area (Å²) in [7, 11) is 1.90. The number of nitro groups is 1. The molecule has 19 heavy (non-hydrogen) atoms. The molecular formula is C13H10N4O2. The van der Waals surface area contributed by atoms with Gasteiger partial charge in [0, 0.05) is 29.7 Å². The van der Waals surface area contributed by atoms with Crippen molar-refractivity contribution in [3.05, 3.63) is 53.1 Å². The van der Waals surface area contributed by atoms with Crippen molar-refractivity contribution in [2.45, 2.75) is 0 Å². The van der Waals surface area contributed by atoms with E-state index in [1.807, 2.05) is 42.1 Å². The Hall–Kier alpha value is -2.76. The molecule has 0 spiro atoms. The second kappa shape index (κ2) is 4.16. The Balaban J connectivity index is 2.34. The molecule has 0 bridgehead atoms. The summed E-state index contributed by atoms with van der Waals surface area (Å²) in [6.45, 7) is 0. The number of fused-ring (bicyclic) bond motifs is 1. The minimum atomic E-state index is -0.461. The number of aromatic nitrogens is 3. The Kier molecular flexibility index (Phi) is 2.49. The highest BCUT2D eigenvalue weighted by Crippen LogP contribution is 2.33. The van der Waals surface area contributed by atoms with Gasteiger partial charge in [-0.05, 0) is 6.07 Å². The quantitative estimate of drug-likeness (QED) is 0.520. The van der Waals surface area contributed by atoms with Gasteiger partial charge in [0.2, 0.25) is 0 Å². The molecule has 0 aliphatic heterocycles. The normalized spacial score (nSPS) is 10.8. The lowest BCUT2D eigenvalue weighted by Crippen LogP contribution is -1.95. The molecule has 0 atom stereocenters. The summed E-state index contributed by atoms with van der Waals surface area (Å²) in [5.41, 5.74) is 2.01. The highest BCUT2D eigenvalue weighted by Gasteiger charge is 2.20. The van der Waals surface area contributed by atoms with E-state index in [0.717, 1.165) is 16.5 Å². The van der Waals surface area contributed by atoms with Crippen molar-refractivity contribution in [1.29, 1.82) is 0 Å². The number of rotatable bonds is 2. The maximum Gasteiger partial charge on any atom is 0.313 e. The summed E-state index contributed by atoms with van der Waals surface area (Å²) in [5, 5.41) is 12.0. The van der Waals surface area contributed by atoms with Crippen LogP contribution in [0.15, 0.2) is 43.0 Å². The Morgan fingerprint density at radius 3 is 2.89 bits per heavy atom. The molecule has 0 radical (unpaired) electrons.